The Hall–Kier alpha value is -2.52. The molecule has 1 fully saturated rings. The van der Waals surface area contributed by atoms with Gasteiger partial charge in [-0.3, -0.25) is 9.59 Å². The predicted molar refractivity (Wildman–Crippen MR) is 98.3 cm³/mol. The predicted octanol–water partition coefficient (Wildman–Crippen LogP) is 0.711. The molecule has 0 unspecified atom stereocenters. The Morgan fingerprint density at radius 3 is 2.27 bits per heavy atom. The highest BCUT2D eigenvalue weighted by molar-refractivity contribution is 7.80. The van der Waals surface area contributed by atoms with Gasteiger partial charge in [0.2, 0.25) is 5.91 Å². The highest BCUT2D eigenvalue weighted by Gasteiger charge is 2.36. The second-order valence-electron chi connectivity index (χ2n) is 5.67. The SMILES string of the molecule is CC(=O)N1CCC(=S)[C@H]1C(=O)O.COc1ccc(C[C@H](N)C(=O)O)cc1. The zero-order valence-electron chi connectivity index (χ0n) is 14.5. The molecule has 26 heavy (non-hydrogen) atoms. The summed E-state index contributed by atoms with van der Waals surface area (Å²) >= 11 is 4.84. The van der Waals surface area contributed by atoms with Crippen LogP contribution in [0.15, 0.2) is 24.3 Å². The van der Waals surface area contributed by atoms with E-state index in [0.717, 1.165) is 11.3 Å². The molecule has 0 bridgehead atoms. The van der Waals surface area contributed by atoms with Crippen LogP contribution in [0.2, 0.25) is 0 Å². The summed E-state index contributed by atoms with van der Waals surface area (Å²) in [5, 5.41) is 17.3. The smallest absolute Gasteiger partial charge is 0.331 e. The Morgan fingerprint density at radius 2 is 1.88 bits per heavy atom. The van der Waals surface area contributed by atoms with Gasteiger partial charge in [-0.1, -0.05) is 24.4 Å². The Bertz CT molecular complexity index is 676. The number of rotatable bonds is 5. The normalized spacial score (nSPS) is 17.1. The van der Waals surface area contributed by atoms with E-state index in [1.54, 1.807) is 19.2 Å². The number of thiocarbonyl (C=S) groups is 1. The van der Waals surface area contributed by atoms with Crippen molar-refractivity contribution in [2.45, 2.75) is 31.8 Å². The van der Waals surface area contributed by atoms with E-state index < -0.39 is 24.0 Å². The first-order valence-electron chi connectivity index (χ1n) is 7.81. The first-order chi connectivity index (χ1) is 12.2. The fourth-order valence-electron chi connectivity index (χ4n) is 2.38. The van der Waals surface area contributed by atoms with Crippen LogP contribution in [0.1, 0.15) is 18.9 Å². The standard InChI is InChI=1S/C10H13NO3.C7H9NO3S/c1-14-8-4-2-7(3-5-8)6-9(11)10(12)13;1-4(9)8-3-2-5(12)6(8)7(10)11/h2-5,9H,6,11H2,1H3,(H,12,13);6H,2-3H2,1H3,(H,10,11)/t9-;6-/m00/s1. The number of carbonyl (C=O) groups excluding carboxylic acids is 1. The second-order valence-corrected chi connectivity index (χ2v) is 6.19. The molecule has 1 aliphatic heterocycles. The topological polar surface area (TPSA) is 130 Å². The number of hydrogen-bond donors (Lipinski definition) is 3. The zero-order chi connectivity index (χ0) is 19.9. The van der Waals surface area contributed by atoms with Crippen molar-refractivity contribution in [2.24, 2.45) is 5.73 Å². The third-order valence-corrected chi connectivity index (χ3v) is 4.21. The van der Waals surface area contributed by atoms with Gasteiger partial charge in [-0.2, -0.15) is 0 Å². The number of amides is 1. The van der Waals surface area contributed by atoms with E-state index in [0.29, 0.717) is 24.3 Å². The molecule has 4 N–H and O–H groups in total. The monoisotopic (exact) mass is 382 g/mol. The number of aliphatic carboxylic acids is 2. The van der Waals surface area contributed by atoms with Crippen molar-refractivity contribution in [1.29, 1.82) is 0 Å². The molecule has 8 nitrogen and oxygen atoms in total. The summed E-state index contributed by atoms with van der Waals surface area (Å²) in [6, 6.07) is 5.46. The fraction of sp³-hybridized carbons (Fsp3) is 0.412. The molecule has 1 amide bonds. The molecule has 1 saturated heterocycles. The van der Waals surface area contributed by atoms with Crippen LogP contribution in [0.4, 0.5) is 0 Å². The lowest BCUT2D eigenvalue weighted by Gasteiger charge is -2.18. The Kier molecular flexibility index (Phi) is 8.14. The molecule has 0 saturated carbocycles. The van der Waals surface area contributed by atoms with Crippen LogP contribution in [0.5, 0.6) is 5.75 Å². The van der Waals surface area contributed by atoms with E-state index in [2.05, 4.69) is 0 Å². The number of benzene rings is 1. The number of methoxy groups -OCH3 is 1. The lowest BCUT2D eigenvalue weighted by Crippen LogP contribution is -2.41. The number of nitrogens with zero attached hydrogens (tertiary/aromatic N) is 1. The molecule has 0 radical (unpaired) electrons. The molecule has 0 spiro atoms. The average Bonchev–Trinajstić information content (AvgIpc) is 2.98. The van der Waals surface area contributed by atoms with Crippen molar-refractivity contribution in [3.8, 4) is 5.75 Å². The highest BCUT2D eigenvalue weighted by atomic mass is 32.1. The summed E-state index contributed by atoms with van der Waals surface area (Å²) in [6.45, 7) is 1.79. The van der Waals surface area contributed by atoms with Crippen molar-refractivity contribution in [3.05, 3.63) is 29.8 Å². The van der Waals surface area contributed by atoms with Crippen LogP contribution >= 0.6 is 12.2 Å². The van der Waals surface area contributed by atoms with E-state index in [4.69, 9.17) is 32.9 Å². The minimum atomic E-state index is -1.03. The second kappa shape index (κ2) is 9.83. The molecule has 1 aliphatic rings. The van der Waals surface area contributed by atoms with Gasteiger partial charge in [0.15, 0.2) is 6.04 Å². The van der Waals surface area contributed by atoms with Crippen molar-refractivity contribution in [1.82, 2.24) is 4.90 Å². The lowest BCUT2D eigenvalue weighted by atomic mass is 10.1. The van der Waals surface area contributed by atoms with Crippen LogP contribution in [0.3, 0.4) is 0 Å². The molecule has 1 aromatic carbocycles. The first kappa shape index (κ1) is 21.5. The maximum absolute atomic E-state index is 10.9. The molecule has 9 heteroatoms. The summed E-state index contributed by atoms with van der Waals surface area (Å²) in [4.78, 5) is 33.8. The molecular weight excluding hydrogens is 360 g/mol. The van der Waals surface area contributed by atoms with Crippen molar-refractivity contribution < 1.29 is 29.3 Å². The minimum absolute atomic E-state index is 0.234. The third kappa shape index (κ3) is 6.08. The van der Waals surface area contributed by atoms with E-state index in [-0.39, 0.29) is 5.91 Å². The molecule has 2 rings (SSSR count). The third-order valence-electron chi connectivity index (χ3n) is 3.79. The van der Waals surface area contributed by atoms with Gasteiger partial charge in [0.1, 0.15) is 11.8 Å². The van der Waals surface area contributed by atoms with Gasteiger partial charge >= 0.3 is 11.9 Å². The summed E-state index contributed by atoms with van der Waals surface area (Å²) in [5.74, 6) is -1.51. The fourth-order valence-corrected chi connectivity index (χ4v) is 2.70. The summed E-state index contributed by atoms with van der Waals surface area (Å²) < 4.78 is 4.97. The number of nitrogens with two attached hydrogens (primary N) is 1. The van der Waals surface area contributed by atoms with Gasteiger partial charge in [-0.05, 0) is 30.5 Å². The van der Waals surface area contributed by atoms with Crippen LogP contribution in [0, 0.1) is 0 Å². The maximum Gasteiger partial charge on any atom is 0.331 e. The lowest BCUT2D eigenvalue weighted by molar-refractivity contribution is -0.145. The van der Waals surface area contributed by atoms with Gasteiger partial charge in [-0.25, -0.2) is 4.79 Å². The molecule has 1 aromatic rings. The summed E-state index contributed by atoms with van der Waals surface area (Å²) in [6.07, 6.45) is 0.852. The largest absolute Gasteiger partial charge is 0.497 e. The number of hydrogen-bond acceptors (Lipinski definition) is 6. The number of ether oxygens (including phenoxy) is 1. The van der Waals surface area contributed by atoms with E-state index in [9.17, 15) is 14.4 Å². The number of carboxylic acids is 2. The number of carbonyl (C=O) groups is 3. The molecule has 0 aliphatic carbocycles. The summed E-state index contributed by atoms with van der Waals surface area (Å²) in [7, 11) is 1.58. The van der Waals surface area contributed by atoms with Crippen LogP contribution in [-0.2, 0) is 20.8 Å². The van der Waals surface area contributed by atoms with Crippen molar-refractivity contribution >= 4 is 34.9 Å². The van der Waals surface area contributed by atoms with E-state index in [1.165, 1.54) is 11.8 Å². The van der Waals surface area contributed by atoms with Crippen LogP contribution in [-0.4, -0.2) is 63.6 Å². The molecule has 1 heterocycles. The molecule has 142 valence electrons. The minimum Gasteiger partial charge on any atom is -0.497 e. The summed E-state index contributed by atoms with van der Waals surface area (Å²) in [5.41, 5.74) is 6.28. The van der Waals surface area contributed by atoms with Gasteiger partial charge < -0.3 is 25.6 Å². The van der Waals surface area contributed by atoms with Gasteiger partial charge in [0, 0.05) is 18.3 Å². The van der Waals surface area contributed by atoms with Crippen LogP contribution < -0.4 is 10.5 Å². The zero-order valence-corrected chi connectivity index (χ0v) is 15.4. The average molecular weight is 382 g/mol. The van der Waals surface area contributed by atoms with Gasteiger partial charge in [0.05, 0.1) is 7.11 Å². The molecule has 0 aromatic heterocycles. The maximum atomic E-state index is 10.9. The van der Waals surface area contributed by atoms with Crippen molar-refractivity contribution in [3.63, 3.8) is 0 Å². The van der Waals surface area contributed by atoms with Crippen molar-refractivity contribution in [2.75, 3.05) is 13.7 Å². The Labute approximate surface area is 156 Å². The van der Waals surface area contributed by atoms with E-state index >= 15 is 0 Å². The first-order valence-corrected chi connectivity index (χ1v) is 8.22. The van der Waals surface area contributed by atoms with Gasteiger partial charge in [-0.15, -0.1) is 0 Å². The molecular formula is C17H22N2O6S. The molecule has 2 atom stereocenters. The Balaban J connectivity index is 0.000000263. The van der Waals surface area contributed by atoms with Gasteiger partial charge in [0.25, 0.3) is 0 Å². The van der Waals surface area contributed by atoms with E-state index in [1.807, 2.05) is 12.1 Å². The number of likely N-dealkylation sites (tertiary alicyclic amines) is 1. The quantitative estimate of drug-likeness (QED) is 0.635. The number of carboxylic acid groups (broad SMARTS) is 2. The Morgan fingerprint density at radius 1 is 1.31 bits per heavy atom. The highest BCUT2D eigenvalue weighted by Crippen LogP contribution is 2.15. The van der Waals surface area contributed by atoms with Crippen LogP contribution in [0.25, 0.3) is 0 Å².